The van der Waals surface area contributed by atoms with Gasteiger partial charge in [0.1, 0.15) is 5.75 Å². The first-order valence-corrected chi connectivity index (χ1v) is 7.61. The van der Waals surface area contributed by atoms with Gasteiger partial charge < -0.3 is 19.9 Å². The van der Waals surface area contributed by atoms with Gasteiger partial charge in [-0.25, -0.2) is 0 Å². The van der Waals surface area contributed by atoms with Crippen molar-refractivity contribution in [1.29, 1.82) is 0 Å². The summed E-state index contributed by atoms with van der Waals surface area (Å²) in [5.41, 5.74) is -0.195. The molecule has 1 aromatic carbocycles. The minimum absolute atomic E-state index is 0.0189. The zero-order valence-electron chi connectivity index (χ0n) is 12.3. The zero-order chi connectivity index (χ0) is 17.2. The molecule has 0 aliphatic heterocycles. The lowest BCUT2D eigenvalue weighted by Gasteiger charge is -2.08. The average Bonchev–Trinajstić information content (AvgIpc) is 2.51. The number of aliphatic carboxylic acids is 1. The topological polar surface area (TPSA) is 128 Å². The summed E-state index contributed by atoms with van der Waals surface area (Å²) in [7, 11) is 1.30. The second-order valence-corrected chi connectivity index (χ2v) is 5.28. The van der Waals surface area contributed by atoms with E-state index in [2.05, 4.69) is 5.32 Å². The Morgan fingerprint density at radius 2 is 2.17 bits per heavy atom. The fourth-order valence-electron chi connectivity index (χ4n) is 1.52. The smallest absolute Gasteiger partial charge is 0.313 e. The predicted octanol–water partition coefficient (Wildman–Crippen LogP) is 0.916. The number of methoxy groups -OCH3 is 1. The van der Waals surface area contributed by atoms with Crippen LogP contribution in [0.3, 0.4) is 0 Å². The molecule has 1 aromatic rings. The van der Waals surface area contributed by atoms with E-state index in [4.69, 9.17) is 14.6 Å². The zero-order valence-corrected chi connectivity index (χ0v) is 13.1. The highest BCUT2D eigenvalue weighted by Crippen LogP contribution is 2.30. The molecule has 2 N–H and O–H groups in total. The standard InChI is InChI=1S/C13H16N2O7S/c1-21-11-6-9(2-3-10(11)15(19)20)22-7-12(16)14-4-5-23-8-13(17)18/h2-3,6H,4-5,7-8H2,1H3,(H,14,16)(H,17,18). The molecule has 0 spiro atoms. The van der Waals surface area contributed by atoms with Gasteiger partial charge in [0.05, 0.1) is 17.8 Å². The number of nitrogens with zero attached hydrogens (tertiary/aromatic N) is 1. The second kappa shape index (κ2) is 9.51. The number of carboxylic acid groups (broad SMARTS) is 1. The van der Waals surface area contributed by atoms with E-state index in [-0.39, 0.29) is 35.5 Å². The van der Waals surface area contributed by atoms with Crippen LogP contribution in [0.25, 0.3) is 0 Å². The fraction of sp³-hybridized carbons (Fsp3) is 0.385. The van der Waals surface area contributed by atoms with Crippen molar-refractivity contribution in [3.8, 4) is 11.5 Å². The molecule has 0 heterocycles. The maximum atomic E-state index is 11.5. The molecule has 9 nitrogen and oxygen atoms in total. The van der Waals surface area contributed by atoms with Gasteiger partial charge in [0, 0.05) is 24.4 Å². The average molecular weight is 344 g/mol. The van der Waals surface area contributed by atoms with Gasteiger partial charge in [0.15, 0.2) is 6.61 Å². The summed E-state index contributed by atoms with van der Waals surface area (Å²) in [5.74, 6) is -0.519. The van der Waals surface area contributed by atoms with Crippen molar-refractivity contribution in [2.24, 2.45) is 0 Å². The largest absolute Gasteiger partial charge is 0.490 e. The van der Waals surface area contributed by atoms with E-state index in [1.54, 1.807) is 0 Å². The lowest BCUT2D eigenvalue weighted by Crippen LogP contribution is -2.30. The number of carbonyl (C=O) groups is 2. The predicted molar refractivity (Wildman–Crippen MR) is 83.1 cm³/mol. The maximum absolute atomic E-state index is 11.5. The maximum Gasteiger partial charge on any atom is 0.313 e. The lowest BCUT2D eigenvalue weighted by molar-refractivity contribution is -0.385. The summed E-state index contributed by atoms with van der Waals surface area (Å²) < 4.78 is 10.1. The SMILES string of the molecule is COc1cc(OCC(=O)NCCSCC(=O)O)ccc1[N+](=O)[O-]. The number of hydrogen-bond donors (Lipinski definition) is 2. The summed E-state index contributed by atoms with van der Waals surface area (Å²) in [5, 5.41) is 21.8. The van der Waals surface area contributed by atoms with E-state index < -0.39 is 10.9 Å². The Hall–Kier alpha value is -2.49. The van der Waals surface area contributed by atoms with Crippen molar-refractivity contribution in [3.05, 3.63) is 28.3 Å². The van der Waals surface area contributed by atoms with E-state index >= 15 is 0 Å². The minimum atomic E-state index is -0.906. The van der Waals surface area contributed by atoms with Gasteiger partial charge in [-0.15, -0.1) is 11.8 Å². The van der Waals surface area contributed by atoms with Crippen LogP contribution in [-0.4, -0.2) is 53.7 Å². The number of carboxylic acids is 1. The number of nitro benzene ring substituents is 1. The fourth-order valence-corrected chi connectivity index (χ4v) is 2.09. The van der Waals surface area contributed by atoms with Gasteiger partial charge in [0.25, 0.3) is 5.91 Å². The van der Waals surface area contributed by atoms with Crippen LogP contribution in [-0.2, 0) is 9.59 Å². The highest BCUT2D eigenvalue weighted by molar-refractivity contribution is 7.99. The Bertz CT molecular complexity index is 579. The Kier molecular flexibility index (Phi) is 7.67. The first-order valence-electron chi connectivity index (χ1n) is 6.45. The van der Waals surface area contributed by atoms with Gasteiger partial charge in [-0.05, 0) is 6.07 Å². The molecular formula is C13H16N2O7S. The van der Waals surface area contributed by atoms with E-state index in [0.717, 1.165) is 0 Å². The van der Waals surface area contributed by atoms with Gasteiger partial charge >= 0.3 is 11.7 Å². The molecule has 0 unspecified atom stereocenters. The molecular weight excluding hydrogens is 328 g/mol. The molecule has 0 aliphatic rings. The number of nitrogens with one attached hydrogen (secondary N) is 1. The quantitative estimate of drug-likeness (QED) is 0.364. The number of benzene rings is 1. The Balaban J connectivity index is 2.38. The van der Waals surface area contributed by atoms with Crippen molar-refractivity contribution in [1.82, 2.24) is 5.32 Å². The first kappa shape index (κ1) is 18.6. The normalized spacial score (nSPS) is 9.96. The molecule has 1 amide bonds. The van der Waals surface area contributed by atoms with E-state index in [0.29, 0.717) is 12.3 Å². The van der Waals surface area contributed by atoms with Crippen LogP contribution in [0.2, 0.25) is 0 Å². The van der Waals surface area contributed by atoms with E-state index in [9.17, 15) is 19.7 Å². The molecule has 0 aliphatic carbocycles. The summed E-state index contributed by atoms with van der Waals surface area (Å²) in [6.45, 7) is 0.0638. The molecule has 0 fully saturated rings. The molecule has 0 atom stereocenters. The van der Waals surface area contributed by atoms with Crippen molar-refractivity contribution in [3.63, 3.8) is 0 Å². The molecule has 126 valence electrons. The molecule has 10 heteroatoms. The van der Waals surface area contributed by atoms with Gasteiger partial charge in [-0.2, -0.15) is 0 Å². The van der Waals surface area contributed by atoms with E-state index in [1.165, 1.54) is 37.1 Å². The van der Waals surface area contributed by atoms with Crippen molar-refractivity contribution in [2.45, 2.75) is 0 Å². The number of thioether (sulfide) groups is 1. The van der Waals surface area contributed by atoms with E-state index in [1.807, 2.05) is 0 Å². The van der Waals surface area contributed by atoms with Crippen LogP contribution in [0.4, 0.5) is 5.69 Å². The van der Waals surface area contributed by atoms with Crippen molar-refractivity contribution >= 4 is 29.3 Å². The molecule has 23 heavy (non-hydrogen) atoms. The first-order chi connectivity index (χ1) is 10.9. The van der Waals surface area contributed by atoms with Gasteiger partial charge in [0.2, 0.25) is 5.75 Å². The molecule has 0 radical (unpaired) electrons. The summed E-state index contributed by atoms with van der Waals surface area (Å²) in [4.78, 5) is 32.0. The molecule has 0 saturated carbocycles. The highest BCUT2D eigenvalue weighted by Gasteiger charge is 2.15. The van der Waals surface area contributed by atoms with Crippen LogP contribution >= 0.6 is 11.8 Å². The number of ether oxygens (including phenoxy) is 2. The van der Waals surface area contributed by atoms with Crippen LogP contribution in [0.1, 0.15) is 0 Å². The minimum Gasteiger partial charge on any atom is -0.490 e. The van der Waals surface area contributed by atoms with Crippen LogP contribution in [0, 0.1) is 10.1 Å². The third-order valence-electron chi connectivity index (χ3n) is 2.51. The second-order valence-electron chi connectivity index (χ2n) is 4.18. The molecule has 1 rings (SSSR count). The number of rotatable bonds is 10. The Morgan fingerprint density at radius 1 is 1.43 bits per heavy atom. The molecule has 0 saturated heterocycles. The summed E-state index contributed by atoms with van der Waals surface area (Å²) in [6.07, 6.45) is 0. The number of nitro groups is 1. The van der Waals surface area contributed by atoms with Gasteiger partial charge in [-0.1, -0.05) is 0 Å². The Morgan fingerprint density at radius 3 is 2.78 bits per heavy atom. The monoisotopic (exact) mass is 344 g/mol. The van der Waals surface area contributed by atoms with Gasteiger partial charge in [-0.3, -0.25) is 19.7 Å². The van der Waals surface area contributed by atoms with Crippen molar-refractivity contribution in [2.75, 3.05) is 31.8 Å². The molecule has 0 bridgehead atoms. The Labute approximate surface area is 136 Å². The summed E-state index contributed by atoms with van der Waals surface area (Å²) in [6, 6.07) is 3.93. The van der Waals surface area contributed by atoms with Crippen molar-refractivity contribution < 1.29 is 29.1 Å². The highest BCUT2D eigenvalue weighted by atomic mass is 32.2. The molecule has 0 aromatic heterocycles. The van der Waals surface area contributed by atoms with Crippen LogP contribution < -0.4 is 14.8 Å². The third kappa shape index (κ3) is 6.87. The number of hydrogen-bond acceptors (Lipinski definition) is 7. The summed E-state index contributed by atoms with van der Waals surface area (Å²) >= 11 is 1.19. The number of amides is 1. The lowest BCUT2D eigenvalue weighted by atomic mass is 10.3. The third-order valence-corrected chi connectivity index (χ3v) is 3.46. The van der Waals surface area contributed by atoms with Crippen LogP contribution in [0.15, 0.2) is 18.2 Å². The number of carbonyl (C=O) groups excluding carboxylic acids is 1. The van der Waals surface area contributed by atoms with Crippen LogP contribution in [0.5, 0.6) is 11.5 Å².